The molecule has 0 amide bonds. The van der Waals surface area contributed by atoms with E-state index in [9.17, 15) is 13.2 Å². The van der Waals surface area contributed by atoms with Crippen LogP contribution in [0.5, 0.6) is 0 Å². The van der Waals surface area contributed by atoms with Crippen molar-refractivity contribution >= 4 is 28.8 Å². The average Bonchev–Trinajstić information content (AvgIpc) is 2.46. The lowest BCUT2D eigenvalue weighted by atomic mass is 10.0. The van der Waals surface area contributed by atoms with Gasteiger partial charge >= 0.3 is 6.18 Å². The van der Waals surface area contributed by atoms with Crippen LogP contribution in [-0.4, -0.2) is 18.6 Å². The van der Waals surface area contributed by atoms with E-state index in [-0.39, 0.29) is 12.1 Å². The van der Waals surface area contributed by atoms with E-state index in [4.69, 9.17) is 0 Å². The maximum Gasteiger partial charge on any atom is 0.417 e. The molecule has 2 atom stereocenters. The molecule has 0 saturated heterocycles. The lowest BCUT2D eigenvalue weighted by molar-refractivity contribution is -0.0862. The van der Waals surface area contributed by atoms with Crippen molar-refractivity contribution in [1.29, 1.82) is 0 Å². The Balaban J connectivity index is 2.28. The van der Waals surface area contributed by atoms with Gasteiger partial charge in [0.25, 0.3) is 0 Å². The molecule has 6 heteroatoms. The van der Waals surface area contributed by atoms with Crippen molar-refractivity contribution in [3.05, 3.63) is 21.4 Å². The number of hydrogen-bond acceptors (Lipinski definition) is 2. The van der Waals surface area contributed by atoms with Crippen LogP contribution in [0.3, 0.4) is 0 Å². The summed E-state index contributed by atoms with van der Waals surface area (Å²) in [6.45, 7) is 0. The minimum absolute atomic E-state index is 0.256. The summed E-state index contributed by atoms with van der Waals surface area (Å²) in [6, 6.07) is 0. The van der Waals surface area contributed by atoms with Gasteiger partial charge in [0.1, 0.15) is 6.17 Å². The Labute approximate surface area is 92.1 Å². The molecule has 1 N–H and O–H groups in total. The van der Waals surface area contributed by atoms with Crippen LogP contribution in [0.15, 0.2) is 26.4 Å². The second-order valence-corrected chi connectivity index (χ2v) is 4.31. The zero-order chi connectivity index (χ0) is 10.3. The topological polar surface area (TPSA) is 24.4 Å². The van der Waals surface area contributed by atoms with E-state index in [1.54, 1.807) is 6.20 Å². The molecule has 2 aliphatic rings. The Morgan fingerprint density at radius 3 is 2.79 bits per heavy atom. The van der Waals surface area contributed by atoms with Crippen LogP contribution in [0.25, 0.3) is 0 Å². The molecule has 0 aliphatic carbocycles. The molecule has 0 radical (unpaired) electrons. The summed E-state index contributed by atoms with van der Waals surface area (Å²) < 4.78 is 37.8. The van der Waals surface area contributed by atoms with Crippen LogP contribution in [0, 0.1) is 5.92 Å². The van der Waals surface area contributed by atoms with E-state index in [1.165, 1.54) is 6.08 Å². The van der Waals surface area contributed by atoms with Crippen LogP contribution >= 0.6 is 22.6 Å². The van der Waals surface area contributed by atoms with Gasteiger partial charge in [-0.3, -0.25) is 4.99 Å². The fraction of sp³-hybridized carbons (Fsp3) is 0.375. The third-order valence-electron chi connectivity index (χ3n) is 2.11. The van der Waals surface area contributed by atoms with Crippen LogP contribution in [0.2, 0.25) is 0 Å². The van der Waals surface area contributed by atoms with Crippen molar-refractivity contribution < 1.29 is 13.2 Å². The Hall–Kier alpha value is -0.530. The SMILES string of the molecule is FC(F)(F)C1=CC2C(I)=CNC2N=C1. The van der Waals surface area contributed by atoms with E-state index >= 15 is 0 Å². The van der Waals surface area contributed by atoms with E-state index in [2.05, 4.69) is 10.3 Å². The third-order valence-corrected chi connectivity index (χ3v) is 3.14. The van der Waals surface area contributed by atoms with Gasteiger partial charge in [0, 0.05) is 16.0 Å². The summed E-state index contributed by atoms with van der Waals surface area (Å²) in [4.78, 5) is 3.81. The van der Waals surface area contributed by atoms with Gasteiger partial charge in [0.05, 0.1) is 11.5 Å². The molecule has 76 valence electrons. The summed E-state index contributed by atoms with van der Waals surface area (Å²) in [5, 5.41) is 2.90. The van der Waals surface area contributed by atoms with Gasteiger partial charge in [-0.15, -0.1) is 0 Å². The highest BCUT2D eigenvalue weighted by Gasteiger charge is 2.38. The fourth-order valence-electron chi connectivity index (χ4n) is 1.39. The standard InChI is InChI=1S/C8H6F3IN2/c9-8(10,11)4-1-5-6(12)3-14-7(5)13-2-4/h1-3,5,7,14H. The summed E-state index contributed by atoms with van der Waals surface area (Å²) in [5.74, 6) is -0.266. The Morgan fingerprint density at radius 2 is 2.14 bits per heavy atom. The molecule has 2 nitrogen and oxygen atoms in total. The van der Waals surface area contributed by atoms with Gasteiger partial charge in [-0.1, -0.05) is 6.08 Å². The summed E-state index contributed by atoms with van der Waals surface area (Å²) in [7, 11) is 0. The number of allylic oxidation sites excluding steroid dienone is 1. The number of nitrogens with one attached hydrogen (secondary N) is 1. The Bertz CT molecular complexity index is 343. The molecule has 2 heterocycles. The molecule has 0 spiro atoms. The maximum absolute atomic E-state index is 12.3. The van der Waals surface area contributed by atoms with Gasteiger partial charge in [-0.2, -0.15) is 13.2 Å². The van der Waals surface area contributed by atoms with Crippen molar-refractivity contribution in [3.63, 3.8) is 0 Å². The summed E-state index contributed by atoms with van der Waals surface area (Å²) in [6.07, 6.45) is -0.752. The quantitative estimate of drug-likeness (QED) is 0.682. The lowest BCUT2D eigenvalue weighted by Gasteiger charge is -2.20. The number of halogens is 4. The second-order valence-electron chi connectivity index (χ2n) is 3.06. The normalized spacial score (nSPS) is 30.6. The predicted molar refractivity (Wildman–Crippen MR) is 55.1 cm³/mol. The van der Waals surface area contributed by atoms with Crippen LogP contribution in [0.4, 0.5) is 13.2 Å². The monoisotopic (exact) mass is 314 g/mol. The highest BCUT2D eigenvalue weighted by atomic mass is 127. The van der Waals surface area contributed by atoms with Crippen molar-refractivity contribution in [2.45, 2.75) is 12.3 Å². The second kappa shape index (κ2) is 3.25. The lowest BCUT2D eigenvalue weighted by Crippen LogP contribution is -2.29. The van der Waals surface area contributed by atoms with E-state index in [0.29, 0.717) is 0 Å². The van der Waals surface area contributed by atoms with E-state index < -0.39 is 11.7 Å². The molecule has 2 aliphatic heterocycles. The first-order valence-electron chi connectivity index (χ1n) is 3.92. The van der Waals surface area contributed by atoms with Crippen LogP contribution in [-0.2, 0) is 0 Å². The van der Waals surface area contributed by atoms with Gasteiger partial charge in [0.2, 0.25) is 0 Å². The summed E-state index contributed by atoms with van der Waals surface area (Å²) in [5.41, 5.74) is -0.662. The molecule has 0 aromatic heterocycles. The first-order valence-corrected chi connectivity index (χ1v) is 5.00. The molecule has 2 unspecified atom stereocenters. The molecule has 2 rings (SSSR count). The number of hydrogen-bond donors (Lipinski definition) is 1. The smallest absolute Gasteiger partial charge is 0.368 e. The van der Waals surface area contributed by atoms with Gasteiger partial charge < -0.3 is 5.32 Å². The Kier molecular flexibility index (Phi) is 2.32. The largest absolute Gasteiger partial charge is 0.417 e. The minimum atomic E-state index is -4.30. The number of rotatable bonds is 0. The Morgan fingerprint density at radius 1 is 1.43 bits per heavy atom. The zero-order valence-electron chi connectivity index (χ0n) is 6.85. The van der Waals surface area contributed by atoms with Crippen molar-refractivity contribution in [3.8, 4) is 0 Å². The highest BCUT2D eigenvalue weighted by Crippen LogP contribution is 2.35. The van der Waals surface area contributed by atoms with E-state index in [1.807, 2.05) is 22.6 Å². The molecule has 0 saturated carbocycles. The number of dihydropyridines is 1. The number of aliphatic imine (C=N–C) groups is 1. The molecule has 0 aromatic rings. The minimum Gasteiger partial charge on any atom is -0.368 e. The molecule has 0 bridgehead atoms. The number of fused-ring (bicyclic) bond motifs is 1. The molecule has 0 fully saturated rings. The maximum atomic E-state index is 12.3. The molecule has 14 heavy (non-hydrogen) atoms. The van der Waals surface area contributed by atoms with Gasteiger partial charge in [-0.05, 0) is 22.6 Å². The number of nitrogens with zero attached hydrogens (tertiary/aromatic N) is 1. The zero-order valence-corrected chi connectivity index (χ0v) is 9.00. The van der Waals surface area contributed by atoms with Crippen LogP contribution < -0.4 is 5.32 Å². The van der Waals surface area contributed by atoms with Gasteiger partial charge in [-0.25, -0.2) is 0 Å². The first-order chi connectivity index (χ1) is 6.48. The predicted octanol–water partition coefficient (Wildman–Crippen LogP) is 2.38. The fourth-order valence-corrected chi connectivity index (χ4v) is 2.09. The van der Waals surface area contributed by atoms with E-state index in [0.717, 1.165) is 9.79 Å². The van der Waals surface area contributed by atoms with Crippen molar-refractivity contribution in [2.75, 3.05) is 0 Å². The van der Waals surface area contributed by atoms with Crippen molar-refractivity contribution in [2.24, 2.45) is 10.9 Å². The highest BCUT2D eigenvalue weighted by molar-refractivity contribution is 14.1. The number of alkyl halides is 3. The average molecular weight is 314 g/mol. The van der Waals surface area contributed by atoms with Crippen molar-refractivity contribution in [1.82, 2.24) is 5.32 Å². The first kappa shape index (κ1) is 10.0. The van der Waals surface area contributed by atoms with Crippen LogP contribution in [0.1, 0.15) is 0 Å². The molecular weight excluding hydrogens is 308 g/mol. The molecular formula is C8H6F3IN2. The summed E-state index contributed by atoms with van der Waals surface area (Å²) >= 11 is 2.02. The molecule has 0 aromatic carbocycles. The van der Waals surface area contributed by atoms with Gasteiger partial charge in [0.15, 0.2) is 0 Å². The third kappa shape index (κ3) is 1.67.